The molecule has 0 atom stereocenters. The zero-order chi connectivity index (χ0) is 32.8. The highest BCUT2D eigenvalue weighted by atomic mass is 16.5. The normalized spacial score (nSPS) is 10.9. The summed E-state index contributed by atoms with van der Waals surface area (Å²) < 4.78 is 24.8. The van der Waals surface area contributed by atoms with E-state index in [0.717, 1.165) is 11.1 Å². The molecule has 0 aliphatic carbocycles. The summed E-state index contributed by atoms with van der Waals surface area (Å²) in [5, 5.41) is 0.567. The van der Waals surface area contributed by atoms with Gasteiger partial charge < -0.3 is 18.3 Å². The zero-order valence-corrected chi connectivity index (χ0v) is 25.7. The minimum absolute atomic E-state index is 0.00689. The standard InChI is InChI=1S/2C16H15N3O4/c2*1-3-11-8-12(20)23-15-13(11)14(21)17-16(18-15)22-9-10-4-6-19(2)7-5-10/h2*4-8H,3,9H2,1-2H3/p+2. The van der Waals surface area contributed by atoms with Gasteiger partial charge in [0.15, 0.2) is 24.8 Å². The van der Waals surface area contributed by atoms with Gasteiger partial charge in [0.1, 0.15) is 38.1 Å². The zero-order valence-electron chi connectivity index (χ0n) is 25.7. The van der Waals surface area contributed by atoms with Crippen LogP contribution in [0.2, 0.25) is 0 Å². The van der Waals surface area contributed by atoms with Crippen molar-refractivity contribution < 1.29 is 27.4 Å². The topological polar surface area (TPSA) is 178 Å². The first-order chi connectivity index (χ1) is 22.1. The predicted octanol–water partition coefficient (Wildman–Crippen LogP) is 1.68. The van der Waals surface area contributed by atoms with Crippen LogP contribution in [0.5, 0.6) is 12.0 Å². The molecule has 0 radical (unpaired) electrons. The fourth-order valence-corrected chi connectivity index (χ4v) is 4.51. The molecule has 0 aromatic carbocycles. The molecule has 6 rings (SSSR count). The van der Waals surface area contributed by atoms with Gasteiger partial charge in [0, 0.05) is 47.5 Å². The molecule has 0 spiro atoms. The number of ether oxygens (including phenoxy) is 2. The van der Waals surface area contributed by atoms with Crippen LogP contribution in [-0.2, 0) is 40.2 Å². The van der Waals surface area contributed by atoms with Gasteiger partial charge in [0.25, 0.3) is 23.1 Å². The second kappa shape index (κ2) is 13.8. The SMILES string of the molecule is CCc1cc(=O)oc2nc(OCc3cc[n+](C)cc3)[nH]c(=O)c12.CCc1cc(=O)oc2nc(OCc3cc[n+](C)cc3)[nH]c(=O)c12. The maximum Gasteiger partial charge on any atom is 0.337 e. The van der Waals surface area contributed by atoms with Gasteiger partial charge in [-0.1, -0.05) is 13.8 Å². The molecule has 236 valence electrons. The number of hydrogen-bond acceptors (Lipinski definition) is 10. The monoisotopic (exact) mass is 628 g/mol. The summed E-state index contributed by atoms with van der Waals surface area (Å²) in [5.41, 5.74) is 1.21. The number of pyridine rings is 2. The number of aryl methyl sites for hydroxylation is 4. The van der Waals surface area contributed by atoms with Gasteiger partial charge in [0.2, 0.25) is 11.4 Å². The second-order valence-electron chi connectivity index (χ2n) is 10.3. The minimum Gasteiger partial charge on any atom is -0.460 e. The molecule has 6 aromatic rings. The van der Waals surface area contributed by atoms with Gasteiger partial charge in [-0.05, 0) is 24.0 Å². The smallest absolute Gasteiger partial charge is 0.337 e. The van der Waals surface area contributed by atoms with E-state index in [4.69, 9.17) is 18.3 Å². The lowest BCUT2D eigenvalue weighted by Gasteiger charge is -2.06. The third-order valence-corrected chi connectivity index (χ3v) is 6.96. The fourth-order valence-electron chi connectivity index (χ4n) is 4.51. The number of fused-ring (bicyclic) bond motifs is 2. The highest BCUT2D eigenvalue weighted by Gasteiger charge is 2.14. The summed E-state index contributed by atoms with van der Waals surface area (Å²) in [6.07, 6.45) is 8.63. The van der Waals surface area contributed by atoms with Crippen LogP contribution in [0.25, 0.3) is 22.2 Å². The lowest BCUT2D eigenvalue weighted by Crippen LogP contribution is -2.26. The molecule has 46 heavy (non-hydrogen) atoms. The Kier molecular flexibility index (Phi) is 9.45. The summed E-state index contributed by atoms with van der Waals surface area (Å²) in [7, 11) is 3.83. The molecular weight excluding hydrogens is 596 g/mol. The largest absolute Gasteiger partial charge is 0.460 e. The number of aromatic amines is 2. The van der Waals surface area contributed by atoms with Crippen molar-refractivity contribution in [1.29, 1.82) is 0 Å². The van der Waals surface area contributed by atoms with Gasteiger partial charge in [-0.15, -0.1) is 0 Å². The summed E-state index contributed by atoms with van der Waals surface area (Å²) >= 11 is 0. The summed E-state index contributed by atoms with van der Waals surface area (Å²) in [4.78, 5) is 60.8. The van der Waals surface area contributed by atoms with E-state index in [2.05, 4.69) is 19.9 Å². The van der Waals surface area contributed by atoms with Crippen molar-refractivity contribution in [3.63, 3.8) is 0 Å². The number of rotatable bonds is 8. The number of nitrogens with zero attached hydrogens (tertiary/aromatic N) is 4. The van der Waals surface area contributed by atoms with Crippen LogP contribution in [0.3, 0.4) is 0 Å². The lowest BCUT2D eigenvalue weighted by atomic mass is 10.1. The summed E-state index contributed by atoms with van der Waals surface area (Å²) in [6, 6.07) is 10.2. The molecule has 0 amide bonds. The molecule has 0 aliphatic rings. The van der Waals surface area contributed by atoms with Crippen molar-refractivity contribution in [2.75, 3.05) is 0 Å². The van der Waals surface area contributed by atoms with Crippen LogP contribution in [0.1, 0.15) is 36.1 Å². The van der Waals surface area contributed by atoms with E-state index in [1.807, 2.05) is 86.1 Å². The molecular formula is C32H32N6O8+2. The average molecular weight is 629 g/mol. The van der Waals surface area contributed by atoms with Crippen LogP contribution in [-0.4, -0.2) is 19.9 Å². The molecule has 6 heterocycles. The van der Waals surface area contributed by atoms with Crippen LogP contribution >= 0.6 is 0 Å². The molecule has 2 N–H and O–H groups in total. The Bertz CT molecular complexity index is 2080. The molecule has 0 bridgehead atoms. The molecule has 0 unspecified atom stereocenters. The summed E-state index contributed by atoms with van der Waals surface area (Å²) in [5.74, 6) is 0. The van der Waals surface area contributed by atoms with E-state index in [-0.39, 0.29) is 58.6 Å². The van der Waals surface area contributed by atoms with Gasteiger partial charge in [-0.3, -0.25) is 19.6 Å². The van der Waals surface area contributed by atoms with Gasteiger partial charge >= 0.3 is 11.3 Å². The number of nitrogens with one attached hydrogen (secondary N) is 2. The molecule has 6 aromatic heterocycles. The van der Waals surface area contributed by atoms with Crippen molar-refractivity contribution in [2.24, 2.45) is 14.1 Å². The first-order valence-corrected chi connectivity index (χ1v) is 14.4. The highest BCUT2D eigenvalue weighted by molar-refractivity contribution is 5.76. The van der Waals surface area contributed by atoms with E-state index < -0.39 is 11.3 Å². The van der Waals surface area contributed by atoms with Crippen LogP contribution in [0, 0.1) is 0 Å². The highest BCUT2D eigenvalue weighted by Crippen LogP contribution is 2.15. The molecule has 0 saturated heterocycles. The Morgan fingerprint density at radius 2 is 1.02 bits per heavy atom. The number of hydrogen-bond donors (Lipinski definition) is 2. The lowest BCUT2D eigenvalue weighted by molar-refractivity contribution is -0.671. The van der Waals surface area contributed by atoms with E-state index >= 15 is 0 Å². The minimum atomic E-state index is -0.533. The van der Waals surface area contributed by atoms with Crippen molar-refractivity contribution in [2.45, 2.75) is 39.9 Å². The Hall–Kier alpha value is -5.92. The van der Waals surface area contributed by atoms with Crippen molar-refractivity contribution in [1.82, 2.24) is 19.9 Å². The Morgan fingerprint density at radius 3 is 1.37 bits per heavy atom. The van der Waals surface area contributed by atoms with Gasteiger partial charge in [-0.2, -0.15) is 9.97 Å². The van der Waals surface area contributed by atoms with Crippen molar-refractivity contribution in [3.8, 4) is 12.0 Å². The first kappa shape index (κ1) is 31.5. The Morgan fingerprint density at radius 1 is 0.652 bits per heavy atom. The Balaban J connectivity index is 0.000000181. The predicted molar refractivity (Wildman–Crippen MR) is 164 cm³/mol. The van der Waals surface area contributed by atoms with Crippen molar-refractivity contribution >= 4 is 22.2 Å². The second-order valence-corrected chi connectivity index (χ2v) is 10.3. The third kappa shape index (κ3) is 7.41. The molecule has 14 heteroatoms. The average Bonchev–Trinajstić information content (AvgIpc) is 3.03. The maximum atomic E-state index is 12.2. The van der Waals surface area contributed by atoms with E-state index in [0.29, 0.717) is 24.0 Å². The van der Waals surface area contributed by atoms with Gasteiger partial charge in [0.05, 0.1) is 0 Å². The number of H-pyrrole nitrogens is 2. The summed E-state index contributed by atoms with van der Waals surface area (Å²) in [6.45, 7) is 4.20. The maximum absolute atomic E-state index is 12.2. The van der Waals surface area contributed by atoms with Crippen LogP contribution in [0.15, 0.2) is 89.2 Å². The van der Waals surface area contributed by atoms with Crippen LogP contribution in [0.4, 0.5) is 0 Å². The van der Waals surface area contributed by atoms with E-state index in [1.165, 1.54) is 12.1 Å². The van der Waals surface area contributed by atoms with Crippen molar-refractivity contribution in [3.05, 3.63) is 125 Å². The van der Waals surface area contributed by atoms with E-state index in [9.17, 15) is 19.2 Å². The Labute approximate surface area is 260 Å². The molecule has 14 nitrogen and oxygen atoms in total. The molecule has 0 aliphatic heterocycles. The fraction of sp³-hybridized carbons (Fsp3) is 0.250. The van der Waals surface area contributed by atoms with E-state index in [1.54, 1.807) is 0 Å². The third-order valence-electron chi connectivity index (χ3n) is 6.96. The molecule has 0 fully saturated rings. The first-order valence-electron chi connectivity index (χ1n) is 14.4. The number of aromatic nitrogens is 6. The van der Waals surface area contributed by atoms with Crippen LogP contribution < -0.4 is 41.0 Å². The van der Waals surface area contributed by atoms with Gasteiger partial charge in [-0.25, -0.2) is 18.7 Å². The quantitative estimate of drug-likeness (QED) is 0.236. The molecule has 0 saturated carbocycles.